The quantitative estimate of drug-likeness (QED) is 0.0266. The Bertz CT molecular complexity index is 1800. The molecule has 2 atom stereocenters. The van der Waals surface area contributed by atoms with Crippen LogP contribution in [0.3, 0.4) is 0 Å². The van der Waals surface area contributed by atoms with Gasteiger partial charge in [0.1, 0.15) is 23.0 Å². The van der Waals surface area contributed by atoms with Crippen LogP contribution in [0.5, 0.6) is 23.0 Å². The van der Waals surface area contributed by atoms with E-state index in [0.717, 1.165) is 47.9 Å². The summed E-state index contributed by atoms with van der Waals surface area (Å²) in [5.74, 6) is 1.74. The van der Waals surface area contributed by atoms with Gasteiger partial charge >= 0.3 is 17.2 Å². The number of hydrogen-bond acceptors (Lipinski definition) is 8. The second kappa shape index (κ2) is 34.1. The zero-order valence-corrected chi connectivity index (χ0v) is 44.0. The molecule has 0 spiro atoms. The summed E-state index contributed by atoms with van der Waals surface area (Å²) in [6, 6.07) is 30.1. The van der Waals surface area contributed by atoms with E-state index in [-0.39, 0.29) is 22.3 Å². The zero-order valence-electron chi connectivity index (χ0n) is 42.2. The van der Waals surface area contributed by atoms with Crippen LogP contribution in [0.15, 0.2) is 97.1 Å². The first-order valence-corrected chi connectivity index (χ1v) is 28.0. The van der Waals surface area contributed by atoms with Gasteiger partial charge in [-0.2, -0.15) is 0 Å². The standard InChI is InChI=1S/C29H45O4P.C28H43O4P/c1-4-5-6-7-8-9-10-11-12-13-14-15-24-32-34(31)33-28-22-18-26(19-23-28)29(2,3)25-16-20-27(30)21-17-25;1-4-5-6-7-8-9-10-11-12-13-14-23-31-33(30)32-27-21-17-25(18-22-27)28(2,3)24-15-19-26(29)20-16-24/h16-23,30-31H,4-15,24H2,1-3H3;15-22,29-30H,4-14,23H2,1-3H3. The van der Waals surface area contributed by atoms with Gasteiger partial charge in [-0.3, -0.25) is 0 Å². The maximum Gasteiger partial charge on any atom is 0.394 e. The van der Waals surface area contributed by atoms with Crippen LogP contribution in [-0.4, -0.2) is 33.2 Å². The first-order chi connectivity index (χ1) is 32.4. The molecule has 4 aromatic rings. The highest BCUT2D eigenvalue weighted by Crippen LogP contribution is 2.39. The molecule has 4 aromatic carbocycles. The van der Waals surface area contributed by atoms with E-state index in [1.807, 2.05) is 72.8 Å². The molecule has 8 nitrogen and oxygen atoms in total. The number of rotatable bonds is 35. The minimum atomic E-state index is -1.91. The molecule has 10 heteroatoms. The van der Waals surface area contributed by atoms with Gasteiger partial charge < -0.3 is 38.1 Å². The van der Waals surface area contributed by atoms with E-state index >= 15 is 0 Å². The molecule has 0 heterocycles. The van der Waals surface area contributed by atoms with Gasteiger partial charge in [-0.1, -0.05) is 225 Å². The summed E-state index contributed by atoms with van der Waals surface area (Å²) < 4.78 is 22.1. The lowest BCUT2D eigenvalue weighted by Crippen LogP contribution is -2.18. The zero-order chi connectivity index (χ0) is 48.6. The van der Waals surface area contributed by atoms with E-state index in [1.165, 1.54) is 122 Å². The summed E-state index contributed by atoms with van der Waals surface area (Å²) in [7, 11) is -3.82. The van der Waals surface area contributed by atoms with Crippen molar-refractivity contribution < 1.29 is 38.1 Å². The molecule has 67 heavy (non-hydrogen) atoms. The van der Waals surface area contributed by atoms with Crippen molar-refractivity contribution in [1.82, 2.24) is 0 Å². The SMILES string of the molecule is CCCCCCCCCCCCCCOP(O)Oc1ccc(C(C)(C)c2ccc(O)cc2)cc1.CCCCCCCCCCCCCOP(O)Oc1ccc(C(C)(C)c2ccc(O)cc2)cc1. The first-order valence-electron chi connectivity index (χ1n) is 25.8. The molecular weight excluding hydrogens is 875 g/mol. The highest BCUT2D eigenvalue weighted by molar-refractivity contribution is 7.41. The molecule has 0 aliphatic heterocycles. The van der Waals surface area contributed by atoms with Crippen molar-refractivity contribution in [3.05, 3.63) is 119 Å². The fourth-order valence-electron chi connectivity index (χ4n) is 8.18. The lowest BCUT2D eigenvalue weighted by Gasteiger charge is -2.26. The van der Waals surface area contributed by atoms with Crippen molar-refractivity contribution in [3.8, 4) is 23.0 Å². The van der Waals surface area contributed by atoms with Crippen molar-refractivity contribution in [1.29, 1.82) is 0 Å². The lowest BCUT2D eigenvalue weighted by molar-refractivity contribution is 0.252. The minimum absolute atomic E-state index is 0.207. The summed E-state index contributed by atoms with van der Waals surface area (Å²) >= 11 is 0. The van der Waals surface area contributed by atoms with E-state index in [2.05, 4.69) is 41.5 Å². The van der Waals surface area contributed by atoms with Crippen LogP contribution in [-0.2, 0) is 19.9 Å². The van der Waals surface area contributed by atoms with Crippen LogP contribution >= 0.6 is 17.2 Å². The molecule has 0 fully saturated rings. The number of aromatic hydroxyl groups is 2. The molecule has 0 radical (unpaired) electrons. The first kappa shape index (κ1) is 58.1. The lowest BCUT2D eigenvalue weighted by atomic mass is 9.78. The molecule has 0 aromatic heterocycles. The van der Waals surface area contributed by atoms with Gasteiger partial charge in [0, 0.05) is 10.8 Å². The molecule has 0 aliphatic rings. The number of hydrogen-bond donors (Lipinski definition) is 4. The van der Waals surface area contributed by atoms with Gasteiger partial charge in [-0.15, -0.1) is 0 Å². The summed E-state index contributed by atoms with van der Waals surface area (Å²) in [6.45, 7) is 14.2. The Kier molecular flexibility index (Phi) is 29.6. The molecule has 0 bridgehead atoms. The van der Waals surface area contributed by atoms with Crippen LogP contribution in [0.2, 0.25) is 0 Å². The van der Waals surface area contributed by atoms with Crippen molar-refractivity contribution in [2.45, 2.75) is 200 Å². The summed E-state index contributed by atoms with van der Waals surface area (Å²) in [4.78, 5) is 20.2. The molecule has 2 unspecified atom stereocenters. The van der Waals surface area contributed by atoms with E-state index < -0.39 is 17.2 Å². The summed E-state index contributed by atoms with van der Waals surface area (Å²) in [5, 5.41) is 19.1. The number of phenols is 2. The molecule has 4 N–H and O–H groups in total. The monoisotopic (exact) mass is 963 g/mol. The average Bonchev–Trinajstić information content (AvgIpc) is 3.31. The van der Waals surface area contributed by atoms with Crippen LogP contribution < -0.4 is 9.05 Å². The molecule has 0 amide bonds. The van der Waals surface area contributed by atoms with Crippen LogP contribution in [0, 0.1) is 0 Å². The third kappa shape index (κ3) is 24.3. The van der Waals surface area contributed by atoms with Crippen molar-refractivity contribution in [3.63, 3.8) is 0 Å². The minimum Gasteiger partial charge on any atom is -0.508 e. The van der Waals surface area contributed by atoms with Crippen molar-refractivity contribution in [2.24, 2.45) is 0 Å². The number of phenolic OH excluding ortho intramolecular Hbond substituents is 2. The van der Waals surface area contributed by atoms with Gasteiger partial charge in [0.25, 0.3) is 0 Å². The topological polar surface area (TPSA) is 118 Å². The van der Waals surface area contributed by atoms with Gasteiger partial charge in [0.15, 0.2) is 0 Å². The van der Waals surface area contributed by atoms with Gasteiger partial charge in [0.05, 0.1) is 13.2 Å². The third-order valence-corrected chi connectivity index (χ3v) is 14.4. The fourth-order valence-corrected chi connectivity index (χ4v) is 9.46. The van der Waals surface area contributed by atoms with Crippen molar-refractivity contribution >= 4 is 17.2 Å². The maximum atomic E-state index is 10.1. The van der Waals surface area contributed by atoms with Crippen molar-refractivity contribution in [2.75, 3.05) is 13.2 Å². The second-order valence-electron chi connectivity index (χ2n) is 19.1. The largest absolute Gasteiger partial charge is 0.508 e. The molecule has 0 saturated carbocycles. The summed E-state index contributed by atoms with van der Waals surface area (Å²) in [6.07, 6.45) is 29.8. The van der Waals surface area contributed by atoms with E-state index in [9.17, 15) is 20.0 Å². The highest BCUT2D eigenvalue weighted by Gasteiger charge is 2.24. The molecule has 0 saturated heterocycles. The highest BCUT2D eigenvalue weighted by atomic mass is 31.2. The smallest absolute Gasteiger partial charge is 0.394 e. The Hall–Kier alpha value is -3.22. The number of unbranched alkanes of at least 4 members (excludes halogenated alkanes) is 21. The van der Waals surface area contributed by atoms with Gasteiger partial charge in [-0.25, -0.2) is 0 Å². The Balaban J connectivity index is 0.000000355. The van der Waals surface area contributed by atoms with E-state index in [0.29, 0.717) is 24.7 Å². The average molecular weight is 963 g/mol. The van der Waals surface area contributed by atoms with Gasteiger partial charge in [0.2, 0.25) is 0 Å². The van der Waals surface area contributed by atoms with Crippen LogP contribution in [0.1, 0.15) is 211 Å². The molecule has 374 valence electrons. The Morgan fingerprint density at radius 1 is 0.343 bits per heavy atom. The third-order valence-electron chi connectivity index (χ3n) is 12.8. The van der Waals surface area contributed by atoms with E-state index in [4.69, 9.17) is 18.1 Å². The second-order valence-corrected chi connectivity index (χ2v) is 21.0. The molecule has 4 rings (SSSR count). The van der Waals surface area contributed by atoms with Crippen LogP contribution in [0.25, 0.3) is 0 Å². The normalized spacial score (nSPS) is 12.6. The predicted octanol–water partition coefficient (Wildman–Crippen LogP) is 17.7. The van der Waals surface area contributed by atoms with Crippen LogP contribution in [0.4, 0.5) is 0 Å². The Morgan fingerprint density at radius 2 is 0.567 bits per heavy atom. The fraction of sp³-hybridized carbons (Fsp3) is 0.579. The number of benzene rings is 4. The Labute approximate surface area is 409 Å². The van der Waals surface area contributed by atoms with E-state index in [1.54, 1.807) is 24.3 Å². The van der Waals surface area contributed by atoms with Gasteiger partial charge in [-0.05, 0) is 83.6 Å². The maximum absolute atomic E-state index is 10.1. The summed E-state index contributed by atoms with van der Waals surface area (Å²) in [5.41, 5.74) is 4.08. The molecule has 0 aliphatic carbocycles. The Morgan fingerprint density at radius 3 is 0.821 bits per heavy atom. The molecular formula is C57H88O8P2. The predicted molar refractivity (Wildman–Crippen MR) is 282 cm³/mol.